The first-order chi connectivity index (χ1) is 18.5. The maximum atomic E-state index is 14.0. The summed E-state index contributed by atoms with van der Waals surface area (Å²) >= 11 is 7.51. The molecule has 1 aromatic carbocycles. The normalized spacial score (nSPS) is 23.0. The van der Waals surface area contributed by atoms with Crippen LogP contribution in [0.25, 0.3) is 0 Å². The lowest BCUT2D eigenvalue weighted by molar-refractivity contribution is 0.0696. The summed E-state index contributed by atoms with van der Waals surface area (Å²) in [6.45, 7) is 0.00237. The summed E-state index contributed by atoms with van der Waals surface area (Å²) in [4.78, 5) is 21.9. The molecule has 4 N–H and O–H groups in total. The fraction of sp³-hybridized carbons (Fsp3) is 0.375. The molecule has 2 aliphatic rings. The Hall–Kier alpha value is -2.59. The van der Waals surface area contributed by atoms with E-state index in [2.05, 4.69) is 19.5 Å². The maximum Gasteiger partial charge on any atom is 0.333 e. The number of aromatic nitrogens is 2. The van der Waals surface area contributed by atoms with E-state index in [-0.39, 0.29) is 46.3 Å². The van der Waals surface area contributed by atoms with Crippen molar-refractivity contribution in [3.8, 4) is 0 Å². The van der Waals surface area contributed by atoms with Gasteiger partial charge in [0.1, 0.15) is 18.2 Å². The van der Waals surface area contributed by atoms with E-state index < -0.39 is 45.8 Å². The standard InChI is InChI=1S/C24H23ClF2N4O6S2/c25-23-15(22-14-6-18(27)17(26)4-11(14)1-2-36-22)7-20(38-23)21(33)16-8-29-10-30-24(16)31-13-3-12(19(32)5-13)9-37-39(28,34)35/h4,6-8,10,12-13,19,22,32H,1-3,5,9H2,(H2,28,34,35)(H,29,30,31)/t12-,13-,19+,22-/m1/s1. The topological polar surface area (TPSA) is 154 Å². The zero-order chi connectivity index (χ0) is 27.9. The van der Waals surface area contributed by atoms with Gasteiger partial charge in [-0.05, 0) is 48.6 Å². The molecule has 3 aromatic rings. The predicted molar refractivity (Wildman–Crippen MR) is 138 cm³/mol. The second-order valence-electron chi connectivity index (χ2n) is 9.34. The molecule has 4 atom stereocenters. The summed E-state index contributed by atoms with van der Waals surface area (Å²) < 4.78 is 60.7. The minimum Gasteiger partial charge on any atom is -0.393 e. The van der Waals surface area contributed by atoms with Crippen molar-refractivity contribution in [2.45, 2.75) is 37.5 Å². The fourth-order valence-electron chi connectivity index (χ4n) is 4.89. The predicted octanol–water partition coefficient (Wildman–Crippen LogP) is 3.13. The van der Waals surface area contributed by atoms with Crippen LogP contribution >= 0.6 is 22.9 Å². The van der Waals surface area contributed by atoms with Crippen LogP contribution in [-0.4, -0.2) is 54.6 Å². The van der Waals surface area contributed by atoms with Crippen molar-refractivity contribution >= 4 is 44.8 Å². The number of ether oxygens (including phenoxy) is 1. The van der Waals surface area contributed by atoms with Gasteiger partial charge in [-0.15, -0.1) is 11.3 Å². The van der Waals surface area contributed by atoms with E-state index in [9.17, 15) is 27.1 Å². The van der Waals surface area contributed by atoms with Crippen LogP contribution in [-0.2, 0) is 25.6 Å². The summed E-state index contributed by atoms with van der Waals surface area (Å²) in [5.41, 5.74) is 1.67. The molecule has 0 unspecified atom stereocenters. The Morgan fingerprint density at radius 2 is 2.03 bits per heavy atom. The zero-order valence-corrected chi connectivity index (χ0v) is 22.5. The summed E-state index contributed by atoms with van der Waals surface area (Å²) in [5, 5.41) is 18.3. The van der Waals surface area contributed by atoms with Gasteiger partial charge in [0.05, 0.1) is 34.1 Å². The lowest BCUT2D eigenvalue weighted by atomic mass is 9.93. The van der Waals surface area contributed by atoms with E-state index in [1.54, 1.807) is 6.07 Å². The molecule has 1 aliphatic carbocycles. The number of carbonyl (C=O) groups is 1. The molecule has 208 valence electrons. The van der Waals surface area contributed by atoms with E-state index in [0.717, 1.165) is 23.5 Å². The van der Waals surface area contributed by atoms with Gasteiger partial charge in [-0.25, -0.2) is 23.9 Å². The number of anilines is 1. The Morgan fingerprint density at radius 1 is 1.26 bits per heavy atom. The number of rotatable bonds is 8. The summed E-state index contributed by atoms with van der Waals surface area (Å²) in [6.07, 6.45) is 2.02. The first-order valence-electron chi connectivity index (χ1n) is 11.8. The molecule has 0 amide bonds. The van der Waals surface area contributed by atoms with Gasteiger partial charge in [-0.3, -0.25) is 8.98 Å². The number of fused-ring (bicyclic) bond motifs is 1. The van der Waals surface area contributed by atoms with Crippen molar-refractivity contribution in [1.82, 2.24) is 9.97 Å². The van der Waals surface area contributed by atoms with Crippen LogP contribution in [0.4, 0.5) is 14.6 Å². The molecule has 3 heterocycles. The Labute approximate surface area is 231 Å². The second kappa shape index (κ2) is 11.1. The van der Waals surface area contributed by atoms with Crippen LogP contribution in [0.3, 0.4) is 0 Å². The van der Waals surface area contributed by atoms with E-state index in [4.69, 9.17) is 21.5 Å². The molecule has 39 heavy (non-hydrogen) atoms. The summed E-state index contributed by atoms with van der Waals surface area (Å²) in [6, 6.07) is 3.47. The number of aliphatic hydroxyl groups is 1. The number of nitrogens with zero attached hydrogens (tertiary/aromatic N) is 2. The van der Waals surface area contributed by atoms with Crippen LogP contribution in [0, 0.1) is 17.6 Å². The first kappa shape index (κ1) is 28.0. The number of thiophene rings is 1. The first-order valence-corrected chi connectivity index (χ1v) is 14.5. The van der Waals surface area contributed by atoms with Gasteiger partial charge in [0, 0.05) is 23.7 Å². The third-order valence-electron chi connectivity index (χ3n) is 6.74. The van der Waals surface area contributed by atoms with Crippen LogP contribution in [0.1, 0.15) is 50.9 Å². The molecule has 0 spiro atoms. The molecular formula is C24H23ClF2N4O6S2. The number of halogens is 3. The molecule has 0 bridgehead atoms. The summed E-state index contributed by atoms with van der Waals surface area (Å²) in [5.74, 6) is -2.63. The monoisotopic (exact) mass is 600 g/mol. The summed E-state index contributed by atoms with van der Waals surface area (Å²) in [7, 11) is -4.14. The smallest absolute Gasteiger partial charge is 0.333 e. The van der Waals surface area contributed by atoms with Gasteiger partial charge < -0.3 is 15.2 Å². The van der Waals surface area contributed by atoms with Gasteiger partial charge in [0.15, 0.2) is 11.6 Å². The number of nitrogens with two attached hydrogens (primary N) is 1. The third-order valence-corrected chi connectivity index (χ3v) is 8.59. The lowest BCUT2D eigenvalue weighted by Crippen LogP contribution is -2.24. The maximum absolute atomic E-state index is 14.0. The molecule has 1 fully saturated rings. The number of ketones is 1. The highest BCUT2D eigenvalue weighted by molar-refractivity contribution is 7.84. The SMILES string of the molecule is NS(=O)(=O)OC[C@H]1C[C@@H](Nc2ncncc2C(=O)c2cc([C@@H]3OCCc4cc(F)c(F)cc43)c(Cl)s2)C[C@@H]1O. The highest BCUT2D eigenvalue weighted by Crippen LogP contribution is 2.41. The van der Waals surface area contributed by atoms with Crippen molar-refractivity contribution in [3.63, 3.8) is 0 Å². The number of benzene rings is 1. The van der Waals surface area contributed by atoms with Crippen molar-refractivity contribution in [3.05, 3.63) is 73.8 Å². The third kappa shape index (κ3) is 6.11. The van der Waals surface area contributed by atoms with Gasteiger partial charge in [-0.1, -0.05) is 11.6 Å². The van der Waals surface area contributed by atoms with E-state index in [0.29, 0.717) is 29.5 Å². The Kier molecular flexibility index (Phi) is 7.97. The molecule has 5 rings (SSSR count). The molecule has 15 heteroatoms. The number of hydrogen-bond acceptors (Lipinski definition) is 10. The molecule has 10 nitrogen and oxygen atoms in total. The van der Waals surface area contributed by atoms with Crippen molar-refractivity contribution in [2.24, 2.45) is 11.1 Å². The van der Waals surface area contributed by atoms with Crippen molar-refractivity contribution in [2.75, 3.05) is 18.5 Å². The molecule has 1 aliphatic heterocycles. The van der Waals surface area contributed by atoms with Crippen molar-refractivity contribution < 1.29 is 36.0 Å². The average molecular weight is 601 g/mol. The quantitative estimate of drug-likeness (QED) is 0.331. The van der Waals surface area contributed by atoms with Gasteiger partial charge in [-0.2, -0.15) is 8.42 Å². The van der Waals surface area contributed by atoms with Crippen molar-refractivity contribution in [1.29, 1.82) is 0 Å². The highest BCUT2D eigenvalue weighted by atomic mass is 35.5. The van der Waals surface area contributed by atoms with Crippen LogP contribution in [0.15, 0.2) is 30.7 Å². The number of hydrogen-bond donors (Lipinski definition) is 3. The molecule has 1 saturated carbocycles. The molecule has 0 saturated heterocycles. The van der Waals surface area contributed by atoms with Gasteiger partial charge in [0.25, 0.3) is 0 Å². The van der Waals surface area contributed by atoms with E-state index in [1.165, 1.54) is 12.5 Å². The minimum atomic E-state index is -4.14. The van der Waals surface area contributed by atoms with Crippen LogP contribution < -0.4 is 10.5 Å². The number of nitrogens with one attached hydrogen (secondary N) is 1. The second-order valence-corrected chi connectivity index (χ2v) is 12.2. The molecule has 0 radical (unpaired) electrons. The number of carbonyl (C=O) groups excluding carboxylic acids is 1. The zero-order valence-electron chi connectivity index (χ0n) is 20.1. The Morgan fingerprint density at radius 3 is 2.79 bits per heavy atom. The molecular weight excluding hydrogens is 578 g/mol. The highest BCUT2D eigenvalue weighted by Gasteiger charge is 2.35. The van der Waals surface area contributed by atoms with E-state index >= 15 is 0 Å². The van der Waals surface area contributed by atoms with Gasteiger partial charge >= 0.3 is 10.3 Å². The Balaban J connectivity index is 1.36. The number of aliphatic hydroxyl groups excluding tert-OH is 1. The molecule has 2 aromatic heterocycles. The van der Waals surface area contributed by atoms with E-state index in [1.807, 2.05) is 0 Å². The average Bonchev–Trinajstić information content (AvgIpc) is 3.44. The van der Waals surface area contributed by atoms with Crippen LogP contribution in [0.5, 0.6) is 0 Å². The lowest BCUT2D eigenvalue weighted by Gasteiger charge is -2.26. The fourth-order valence-corrected chi connectivity index (χ4v) is 6.52. The minimum absolute atomic E-state index is 0.152. The van der Waals surface area contributed by atoms with Gasteiger partial charge in [0.2, 0.25) is 5.78 Å². The Bertz CT molecular complexity index is 1520. The largest absolute Gasteiger partial charge is 0.393 e. The van der Waals surface area contributed by atoms with Crippen LogP contribution in [0.2, 0.25) is 4.34 Å².